The number of sulfonamides is 1. The first kappa shape index (κ1) is 20.1. The second-order valence-electron chi connectivity index (χ2n) is 5.33. The first-order valence-corrected chi connectivity index (χ1v) is 9.43. The van der Waals surface area contributed by atoms with Gasteiger partial charge in [0.1, 0.15) is 6.04 Å². The van der Waals surface area contributed by atoms with E-state index in [4.69, 9.17) is 9.84 Å². The van der Waals surface area contributed by atoms with Crippen molar-refractivity contribution in [2.75, 3.05) is 6.61 Å². The van der Waals surface area contributed by atoms with Gasteiger partial charge in [-0.05, 0) is 31.0 Å². The summed E-state index contributed by atoms with van der Waals surface area (Å²) < 4.78 is 31.3. The molecule has 8 heteroatoms. The van der Waals surface area contributed by atoms with Gasteiger partial charge in [-0.15, -0.1) is 0 Å². The Morgan fingerprint density at radius 3 is 2.33 bits per heavy atom. The van der Waals surface area contributed by atoms with Crippen LogP contribution in [0.15, 0.2) is 24.3 Å². The van der Waals surface area contributed by atoms with E-state index in [-0.39, 0.29) is 18.8 Å². The van der Waals surface area contributed by atoms with Gasteiger partial charge in [-0.2, -0.15) is 0 Å². The first-order valence-electron chi connectivity index (χ1n) is 7.78. The quantitative estimate of drug-likeness (QED) is 0.619. The van der Waals surface area contributed by atoms with Gasteiger partial charge in [-0.1, -0.05) is 31.9 Å². The topological polar surface area (TPSA) is 110 Å². The maximum absolute atomic E-state index is 12.1. The summed E-state index contributed by atoms with van der Waals surface area (Å²) in [5.74, 6) is -2.02. The lowest BCUT2D eigenvalue weighted by Crippen LogP contribution is -2.41. The van der Waals surface area contributed by atoms with Crippen LogP contribution in [-0.2, 0) is 25.3 Å². The van der Waals surface area contributed by atoms with E-state index >= 15 is 0 Å². The van der Waals surface area contributed by atoms with Gasteiger partial charge in [0.15, 0.2) is 0 Å². The van der Waals surface area contributed by atoms with Gasteiger partial charge in [0.05, 0.1) is 17.9 Å². The Kier molecular flexibility index (Phi) is 7.87. The molecule has 2 N–H and O–H groups in total. The summed E-state index contributed by atoms with van der Waals surface area (Å²) in [7, 11) is -3.80. The summed E-state index contributed by atoms with van der Waals surface area (Å²) in [4.78, 5) is 22.7. The van der Waals surface area contributed by atoms with Crippen molar-refractivity contribution < 1.29 is 27.9 Å². The highest BCUT2D eigenvalue weighted by atomic mass is 32.2. The van der Waals surface area contributed by atoms with Crippen molar-refractivity contribution >= 4 is 22.0 Å². The Bertz CT molecular complexity index is 654. The van der Waals surface area contributed by atoms with Gasteiger partial charge < -0.3 is 9.84 Å². The highest BCUT2D eigenvalue weighted by Gasteiger charge is 2.23. The molecule has 0 heterocycles. The van der Waals surface area contributed by atoms with Crippen LogP contribution in [0.25, 0.3) is 0 Å². The molecule has 0 spiro atoms. The molecule has 0 amide bonds. The largest absolute Gasteiger partial charge is 0.480 e. The van der Waals surface area contributed by atoms with Crippen LogP contribution < -0.4 is 4.72 Å². The second kappa shape index (κ2) is 9.39. The zero-order valence-electron chi connectivity index (χ0n) is 13.8. The van der Waals surface area contributed by atoms with Crippen molar-refractivity contribution in [3.8, 4) is 0 Å². The molecule has 134 valence electrons. The van der Waals surface area contributed by atoms with E-state index in [9.17, 15) is 18.0 Å². The first-order chi connectivity index (χ1) is 11.3. The van der Waals surface area contributed by atoms with Gasteiger partial charge in [-0.3, -0.25) is 4.79 Å². The number of benzene rings is 1. The van der Waals surface area contributed by atoms with Crippen molar-refractivity contribution in [2.24, 2.45) is 0 Å². The number of esters is 1. The Morgan fingerprint density at radius 1 is 1.21 bits per heavy atom. The Labute approximate surface area is 142 Å². The lowest BCUT2D eigenvalue weighted by molar-refractivity contribution is -0.139. The summed E-state index contributed by atoms with van der Waals surface area (Å²) >= 11 is 0. The average molecular weight is 357 g/mol. The number of unbranched alkanes of at least 4 members (excludes halogenated alkanes) is 1. The van der Waals surface area contributed by atoms with E-state index in [2.05, 4.69) is 4.72 Å². The molecule has 0 aliphatic carbocycles. The zero-order valence-corrected chi connectivity index (χ0v) is 14.6. The van der Waals surface area contributed by atoms with E-state index in [1.165, 1.54) is 24.3 Å². The number of hydrogen-bond donors (Lipinski definition) is 2. The van der Waals surface area contributed by atoms with E-state index in [0.717, 1.165) is 6.42 Å². The Hall–Kier alpha value is -1.93. The van der Waals surface area contributed by atoms with Gasteiger partial charge in [0.25, 0.3) is 0 Å². The molecule has 24 heavy (non-hydrogen) atoms. The maximum atomic E-state index is 12.1. The SMILES string of the molecule is CCCC[C@H](NS(=O)(=O)Cc1ccc(C(=O)OCC)cc1)C(=O)O. The number of nitrogens with one attached hydrogen (secondary N) is 1. The highest BCUT2D eigenvalue weighted by molar-refractivity contribution is 7.88. The van der Waals surface area contributed by atoms with Crippen molar-refractivity contribution in [2.45, 2.75) is 44.9 Å². The summed E-state index contributed by atoms with van der Waals surface area (Å²) in [6.07, 6.45) is 1.64. The molecule has 0 unspecified atom stereocenters. The fourth-order valence-corrected chi connectivity index (χ4v) is 3.44. The molecule has 1 aromatic carbocycles. The molecule has 0 fully saturated rings. The van der Waals surface area contributed by atoms with Gasteiger partial charge in [-0.25, -0.2) is 17.9 Å². The molecular weight excluding hydrogens is 334 g/mol. The number of aliphatic carboxylic acids is 1. The van der Waals surface area contributed by atoms with Gasteiger partial charge in [0, 0.05) is 0 Å². The number of carboxylic acids is 1. The molecule has 1 aromatic rings. The predicted octanol–water partition coefficient (Wildman–Crippen LogP) is 1.93. The lowest BCUT2D eigenvalue weighted by Gasteiger charge is -2.14. The number of hydrogen-bond acceptors (Lipinski definition) is 5. The summed E-state index contributed by atoms with van der Waals surface area (Å²) in [6, 6.07) is 4.85. The number of carbonyl (C=O) groups excluding carboxylic acids is 1. The molecule has 1 rings (SSSR count). The van der Waals surface area contributed by atoms with Crippen molar-refractivity contribution in [1.29, 1.82) is 0 Å². The van der Waals surface area contributed by atoms with E-state index < -0.39 is 28.0 Å². The lowest BCUT2D eigenvalue weighted by atomic mass is 10.1. The van der Waals surface area contributed by atoms with Crippen LogP contribution in [0.1, 0.15) is 49.0 Å². The number of carboxylic acid groups (broad SMARTS) is 1. The maximum Gasteiger partial charge on any atom is 0.338 e. The fraction of sp³-hybridized carbons (Fsp3) is 0.500. The standard InChI is InChI=1S/C16H23NO6S/c1-3-5-6-14(15(18)19)17-24(21,22)11-12-7-9-13(10-8-12)16(20)23-4-2/h7-10,14,17H,3-6,11H2,1-2H3,(H,18,19)/t14-/m0/s1. The highest BCUT2D eigenvalue weighted by Crippen LogP contribution is 2.11. The van der Waals surface area contributed by atoms with Crippen molar-refractivity contribution in [1.82, 2.24) is 4.72 Å². The molecular formula is C16H23NO6S. The summed E-state index contributed by atoms with van der Waals surface area (Å²) in [5, 5.41) is 9.10. The molecule has 0 radical (unpaired) electrons. The van der Waals surface area contributed by atoms with Crippen LogP contribution in [0.3, 0.4) is 0 Å². The van der Waals surface area contributed by atoms with Crippen molar-refractivity contribution in [3.63, 3.8) is 0 Å². The third-order valence-corrected chi connectivity index (χ3v) is 4.65. The summed E-state index contributed by atoms with van der Waals surface area (Å²) in [5.41, 5.74) is 0.785. The molecule has 0 saturated carbocycles. The van der Waals surface area contributed by atoms with E-state index in [1.807, 2.05) is 6.92 Å². The molecule has 0 saturated heterocycles. The van der Waals surface area contributed by atoms with Crippen molar-refractivity contribution in [3.05, 3.63) is 35.4 Å². The Balaban J connectivity index is 2.75. The van der Waals surface area contributed by atoms with E-state index in [1.54, 1.807) is 6.92 Å². The summed E-state index contributed by atoms with van der Waals surface area (Å²) in [6.45, 7) is 3.85. The minimum absolute atomic E-state index is 0.243. The monoisotopic (exact) mass is 357 g/mol. The second-order valence-corrected chi connectivity index (χ2v) is 7.08. The van der Waals surface area contributed by atoms with E-state index in [0.29, 0.717) is 17.5 Å². The van der Waals surface area contributed by atoms with Crippen LogP contribution in [0.5, 0.6) is 0 Å². The predicted molar refractivity (Wildman–Crippen MR) is 89.1 cm³/mol. The van der Waals surface area contributed by atoms with Crippen LogP contribution in [0.4, 0.5) is 0 Å². The van der Waals surface area contributed by atoms with Crippen LogP contribution in [0, 0.1) is 0 Å². The Morgan fingerprint density at radius 2 is 1.83 bits per heavy atom. The smallest absolute Gasteiger partial charge is 0.338 e. The minimum Gasteiger partial charge on any atom is -0.480 e. The molecule has 0 aromatic heterocycles. The number of rotatable bonds is 10. The minimum atomic E-state index is -3.80. The number of carbonyl (C=O) groups is 2. The average Bonchev–Trinajstić information content (AvgIpc) is 2.51. The molecule has 0 aliphatic rings. The molecule has 0 aliphatic heterocycles. The molecule has 1 atom stereocenters. The zero-order chi connectivity index (χ0) is 18.2. The van der Waals surface area contributed by atoms with Gasteiger partial charge in [0.2, 0.25) is 10.0 Å². The molecule has 0 bridgehead atoms. The third kappa shape index (κ3) is 6.67. The van der Waals surface area contributed by atoms with Crippen LogP contribution in [0.2, 0.25) is 0 Å². The fourth-order valence-electron chi connectivity index (χ4n) is 2.07. The van der Waals surface area contributed by atoms with Crippen LogP contribution in [-0.4, -0.2) is 38.1 Å². The molecule has 7 nitrogen and oxygen atoms in total. The van der Waals surface area contributed by atoms with Crippen LogP contribution >= 0.6 is 0 Å². The number of ether oxygens (including phenoxy) is 1. The third-order valence-electron chi connectivity index (χ3n) is 3.29. The van der Waals surface area contributed by atoms with Gasteiger partial charge >= 0.3 is 11.9 Å². The normalized spacial score (nSPS) is 12.6.